The molecule has 0 bridgehead atoms. The summed E-state index contributed by atoms with van der Waals surface area (Å²) in [5.41, 5.74) is 1.61. The molecule has 1 fully saturated rings. The monoisotopic (exact) mass is 931 g/mol. The van der Waals surface area contributed by atoms with Crippen molar-refractivity contribution < 1.29 is 61.2 Å². The third-order valence-electron chi connectivity index (χ3n) is 11.2. The van der Waals surface area contributed by atoms with E-state index in [9.17, 15) is 52.8 Å². The quantitative estimate of drug-likeness (QED) is 0.0151. The Morgan fingerprint density at radius 2 is 1.55 bits per heavy atom. The van der Waals surface area contributed by atoms with Crippen LogP contribution in [-0.2, 0) is 56.1 Å². The molecule has 0 atom stereocenters. The summed E-state index contributed by atoms with van der Waals surface area (Å²) in [6.07, 6.45) is 15.1. The molecule has 0 radical (unpaired) electrons. The normalized spacial score (nSPS) is 17.4. The first-order chi connectivity index (χ1) is 30.7. The van der Waals surface area contributed by atoms with E-state index in [0.717, 1.165) is 47.0 Å². The molecule has 6 rings (SSSR count). The zero-order valence-corrected chi connectivity index (χ0v) is 37.2. The summed E-state index contributed by atoms with van der Waals surface area (Å²) in [6, 6.07) is 10.1. The molecule has 0 saturated carbocycles. The Hall–Kier alpha value is -6.43. The maximum atomic E-state index is 12.3. The van der Waals surface area contributed by atoms with Gasteiger partial charge in [0.05, 0.1) is 50.4 Å². The number of anilines is 1. The zero-order valence-electron chi connectivity index (χ0n) is 35.5. The van der Waals surface area contributed by atoms with Gasteiger partial charge in [-0.3, -0.25) is 34.9 Å². The Labute approximate surface area is 377 Å². The van der Waals surface area contributed by atoms with Crippen molar-refractivity contribution >= 4 is 68.5 Å². The van der Waals surface area contributed by atoms with Crippen LogP contribution in [0.2, 0.25) is 0 Å². The Morgan fingerprint density at radius 3 is 2.20 bits per heavy atom. The Kier molecular flexibility index (Phi) is 14.6. The summed E-state index contributed by atoms with van der Waals surface area (Å²) in [5.74, 6) is -1.34. The van der Waals surface area contributed by atoms with Gasteiger partial charge in [0.15, 0.2) is 6.20 Å². The van der Waals surface area contributed by atoms with Crippen LogP contribution < -0.4 is 10.2 Å². The Morgan fingerprint density at radius 1 is 0.892 bits per heavy atom. The van der Waals surface area contributed by atoms with Crippen molar-refractivity contribution in [1.82, 2.24) is 10.0 Å². The largest absolute Gasteiger partial charge is 0.744 e. The number of non-ortho nitro benzene ring substituents is 2. The van der Waals surface area contributed by atoms with Gasteiger partial charge in [-0.1, -0.05) is 44.2 Å². The average Bonchev–Trinajstić information content (AvgIpc) is 3.76. The molecule has 0 aliphatic carbocycles. The van der Waals surface area contributed by atoms with Gasteiger partial charge in [-0.15, -0.1) is 5.06 Å². The second kappa shape index (κ2) is 19.8. The van der Waals surface area contributed by atoms with Gasteiger partial charge in [0.25, 0.3) is 23.2 Å². The van der Waals surface area contributed by atoms with Gasteiger partial charge in [-0.2, -0.15) is 4.33 Å². The number of imide groups is 1. The van der Waals surface area contributed by atoms with Crippen LogP contribution in [-0.4, -0.2) is 67.5 Å². The van der Waals surface area contributed by atoms with Crippen LogP contribution in [0, 0.1) is 20.2 Å². The van der Waals surface area contributed by atoms with E-state index in [2.05, 4.69) is 14.4 Å². The van der Waals surface area contributed by atoms with Gasteiger partial charge in [0.1, 0.15) is 15.8 Å². The summed E-state index contributed by atoms with van der Waals surface area (Å²) < 4.78 is 42.3. The van der Waals surface area contributed by atoms with E-state index in [0.29, 0.717) is 52.7 Å². The van der Waals surface area contributed by atoms with Crippen LogP contribution in [0.25, 0.3) is 0 Å². The lowest BCUT2D eigenvalue weighted by molar-refractivity contribution is -0.777. The van der Waals surface area contributed by atoms with Crippen molar-refractivity contribution in [3.63, 3.8) is 0 Å². The second-order valence-electron chi connectivity index (χ2n) is 16.2. The van der Waals surface area contributed by atoms with Crippen molar-refractivity contribution in [3.8, 4) is 0 Å². The maximum Gasteiger partial charge on any atom is 0.333 e. The van der Waals surface area contributed by atoms with E-state index >= 15 is 0 Å². The molecular weight excluding hydrogens is 889 g/mol. The first-order valence-corrected chi connectivity index (χ1v) is 22.3. The number of rotatable bonds is 19. The summed E-state index contributed by atoms with van der Waals surface area (Å²) in [4.78, 5) is 69.2. The summed E-state index contributed by atoms with van der Waals surface area (Å²) >= 11 is 0.720. The lowest BCUT2D eigenvalue weighted by Gasteiger charge is -2.27. The van der Waals surface area contributed by atoms with Gasteiger partial charge in [0.2, 0.25) is 0 Å². The first kappa shape index (κ1) is 48.0. The molecule has 3 aliphatic rings. The Balaban J connectivity index is 1.22. The molecule has 3 aliphatic heterocycles. The van der Waals surface area contributed by atoms with Crippen LogP contribution in [0.4, 0.5) is 22.9 Å². The molecular formula is C43H43N6O14S2-. The predicted octanol–water partition coefficient (Wildman–Crippen LogP) is 6.13. The number of benzene rings is 2. The van der Waals surface area contributed by atoms with Crippen molar-refractivity contribution in [2.75, 3.05) is 11.4 Å². The Bertz CT molecular complexity index is 2660. The number of carbonyl (C=O) groups is 3. The summed E-state index contributed by atoms with van der Waals surface area (Å²) in [7, 11) is -4.80. The number of allylic oxidation sites excluding steroid dienone is 8. The summed E-state index contributed by atoms with van der Waals surface area (Å²) in [5, 5.41) is 37.9. The van der Waals surface area contributed by atoms with Crippen molar-refractivity contribution in [3.05, 3.63) is 134 Å². The molecule has 4 heterocycles. The minimum absolute atomic E-state index is 0.00500. The van der Waals surface area contributed by atoms with E-state index in [4.69, 9.17) is 4.84 Å². The van der Waals surface area contributed by atoms with Crippen molar-refractivity contribution in [1.29, 1.82) is 0 Å². The molecule has 1 saturated heterocycles. The molecule has 2 amide bonds. The van der Waals surface area contributed by atoms with E-state index in [1.165, 1.54) is 18.2 Å². The van der Waals surface area contributed by atoms with Crippen LogP contribution in [0.15, 0.2) is 107 Å². The zero-order chi connectivity index (χ0) is 47.3. The number of hydrogen-bond acceptors (Lipinski definition) is 17. The highest BCUT2D eigenvalue weighted by molar-refractivity contribution is 7.94. The maximum absolute atomic E-state index is 12.3. The third kappa shape index (κ3) is 10.8. The number of pyridine rings is 1. The highest BCUT2D eigenvalue weighted by Crippen LogP contribution is 2.50. The molecule has 1 aromatic heterocycles. The number of hydroxylamine groups is 2. The molecule has 0 spiro atoms. The minimum atomic E-state index is -4.80. The molecule has 22 heteroatoms. The minimum Gasteiger partial charge on any atom is -0.744 e. The van der Waals surface area contributed by atoms with E-state index in [1.54, 1.807) is 42.5 Å². The van der Waals surface area contributed by atoms with E-state index in [-0.39, 0.29) is 25.8 Å². The van der Waals surface area contributed by atoms with Gasteiger partial charge >= 0.3 is 11.8 Å². The van der Waals surface area contributed by atoms with Gasteiger partial charge in [-0.25, -0.2) is 17.8 Å². The topological polar surface area (TPSA) is 268 Å². The molecule has 65 heavy (non-hydrogen) atoms. The van der Waals surface area contributed by atoms with Crippen LogP contribution in [0.1, 0.15) is 82.9 Å². The van der Waals surface area contributed by atoms with Gasteiger partial charge in [-0.05, 0) is 85.6 Å². The number of nitro groups is 2. The number of nitro benzene ring substituents is 2. The van der Waals surface area contributed by atoms with Crippen LogP contribution in [0.3, 0.4) is 0 Å². The van der Waals surface area contributed by atoms with Crippen LogP contribution >= 0.6 is 12.0 Å². The lowest BCUT2D eigenvalue weighted by atomic mass is 9.82. The lowest BCUT2D eigenvalue weighted by Crippen LogP contribution is -2.31. The third-order valence-corrected chi connectivity index (χ3v) is 12.5. The predicted molar refractivity (Wildman–Crippen MR) is 230 cm³/mol. The number of fused-ring (bicyclic) bond motifs is 2. The number of aromatic nitrogens is 1. The fraction of sp³-hybridized carbons (Fsp3) is 0.326. The highest BCUT2D eigenvalue weighted by atomic mass is 32.2. The van der Waals surface area contributed by atoms with Gasteiger partial charge in [0, 0.05) is 59.6 Å². The molecule has 342 valence electrons. The van der Waals surface area contributed by atoms with E-state index < -0.39 is 64.8 Å². The smallest absolute Gasteiger partial charge is 0.333 e. The molecule has 0 unspecified atom stereocenters. The number of amides is 2. The number of unbranched alkanes of at least 4 members (excludes halogenated alkanes) is 2. The number of hydrogen-bond donors (Lipinski definition) is 0. The number of nitrogens with zero attached hydrogens (tertiary/aromatic N) is 6. The molecule has 20 nitrogen and oxygen atoms in total. The van der Waals surface area contributed by atoms with E-state index in [1.807, 2.05) is 55.4 Å². The molecule has 2 aromatic carbocycles. The molecule has 3 aromatic rings. The van der Waals surface area contributed by atoms with Crippen molar-refractivity contribution in [2.45, 2.75) is 93.4 Å². The number of carbonyl (C=O) groups excluding carboxylic acids is 3. The fourth-order valence-electron chi connectivity index (χ4n) is 7.94. The molecule has 0 N–H and O–H groups in total. The highest BCUT2D eigenvalue weighted by Gasteiger charge is 2.44. The summed E-state index contributed by atoms with van der Waals surface area (Å²) in [6.45, 7) is 8.15. The average molecular weight is 932 g/mol. The van der Waals surface area contributed by atoms with Gasteiger partial charge < -0.3 is 19.5 Å². The fourth-order valence-corrected chi connectivity index (χ4v) is 8.78. The SMILES string of the molecule is CC1(C)C(/C=C/C=C/C=C/C=C2/N(Cc3cc([N+](=O)[O-])cc([N+](=O)[O-])c3)c3ccc(SOO[O-])cc3C2(C)C)=[N+](CCCCCC(=O)ON2C(=O)CCC2=O)c2ncc(S(=O)(=O)[O-])cc21. The first-order valence-electron chi connectivity index (χ1n) is 20.1. The van der Waals surface area contributed by atoms with Crippen molar-refractivity contribution in [2.24, 2.45) is 0 Å². The standard InChI is InChI=1S/C43H44N6O14S2/c1-42(2)33-24-31(64-63-62-57)16-17-35(33)46(27-28-21-29(48(53)54)23-30(22-28)49(55)56)37(42)14-10-7-5-6-9-13-36-43(3,4)34-25-32(65(58,59)60)26-44-41(34)45(36)20-12-8-11-15-40(52)61-47-38(50)18-19-39(47)51/h5-7,9-10,13-14,16-17,21-26H,8,11-12,15,18-20,27H2,1-4H3,(H-,57,58,59,60)/p-1. The second-order valence-corrected chi connectivity index (χ2v) is 18.3. The van der Waals surface area contributed by atoms with Crippen LogP contribution in [0.5, 0.6) is 0 Å².